The van der Waals surface area contributed by atoms with Gasteiger partial charge in [-0.05, 0) is 12.1 Å². The van der Waals surface area contributed by atoms with Gasteiger partial charge in [0.2, 0.25) is 0 Å². The fourth-order valence-electron chi connectivity index (χ4n) is 1.48. The molecule has 0 saturated heterocycles. The zero-order valence-corrected chi connectivity index (χ0v) is 8.56. The van der Waals surface area contributed by atoms with Crippen LogP contribution in [0.5, 0.6) is 5.75 Å². The molecule has 74 valence electrons. The van der Waals surface area contributed by atoms with Crippen molar-refractivity contribution >= 4 is 28.0 Å². The van der Waals surface area contributed by atoms with Crippen LogP contribution in [0, 0.1) is 0 Å². The van der Waals surface area contributed by atoms with Gasteiger partial charge in [-0.2, -0.15) is 0 Å². The maximum absolute atomic E-state index is 6.04. The first-order valence-electron chi connectivity index (χ1n) is 4.30. The normalized spacial score (nSPS) is 14.0. The fraction of sp³-hybridized carbons (Fsp3) is 0.200. The zero-order valence-electron chi connectivity index (χ0n) is 7.80. The van der Waals surface area contributed by atoms with E-state index in [0.717, 1.165) is 22.8 Å². The van der Waals surface area contributed by atoms with Crippen molar-refractivity contribution in [2.24, 2.45) is 0 Å². The van der Waals surface area contributed by atoms with Crippen LogP contribution >= 0.6 is 11.6 Å². The summed E-state index contributed by atoms with van der Waals surface area (Å²) in [5, 5.41) is 3.93. The van der Waals surface area contributed by atoms with Gasteiger partial charge in [-0.15, -0.1) is 0 Å². The number of fused-ring (bicyclic) bond motifs is 1. The third kappa shape index (κ3) is 1.40. The lowest BCUT2D eigenvalue weighted by Gasteiger charge is -2.17. The highest BCUT2D eigenvalue weighted by molar-refractivity contribution is 6.49. The highest BCUT2D eigenvalue weighted by atomic mass is 35.5. The largest absolute Gasteiger partial charge is 0.495 e. The SMILES string of the molecule is COc1cc2c(cc1N)C(Cl)=CCN2. The third-order valence-corrected chi connectivity index (χ3v) is 2.56. The quantitative estimate of drug-likeness (QED) is 0.700. The summed E-state index contributed by atoms with van der Waals surface area (Å²) in [6.45, 7) is 0.735. The number of nitrogens with two attached hydrogens (primary N) is 1. The van der Waals surface area contributed by atoms with Crippen molar-refractivity contribution in [1.82, 2.24) is 0 Å². The molecule has 3 N–H and O–H groups in total. The van der Waals surface area contributed by atoms with Gasteiger partial charge < -0.3 is 15.8 Å². The summed E-state index contributed by atoms with van der Waals surface area (Å²) >= 11 is 6.04. The highest BCUT2D eigenvalue weighted by Gasteiger charge is 2.13. The Kier molecular flexibility index (Phi) is 2.25. The third-order valence-electron chi connectivity index (χ3n) is 2.20. The van der Waals surface area contributed by atoms with Gasteiger partial charge in [0.05, 0.1) is 12.8 Å². The van der Waals surface area contributed by atoms with E-state index < -0.39 is 0 Å². The summed E-state index contributed by atoms with van der Waals surface area (Å²) < 4.78 is 5.12. The molecule has 0 saturated carbocycles. The molecular weight excluding hydrogens is 200 g/mol. The highest BCUT2D eigenvalue weighted by Crippen LogP contribution is 2.36. The Labute approximate surface area is 87.5 Å². The fourth-order valence-corrected chi connectivity index (χ4v) is 1.71. The van der Waals surface area contributed by atoms with Gasteiger partial charge >= 0.3 is 0 Å². The van der Waals surface area contributed by atoms with Crippen LogP contribution in [-0.2, 0) is 0 Å². The van der Waals surface area contributed by atoms with Crippen LogP contribution in [0.1, 0.15) is 5.56 Å². The second-order valence-corrected chi connectivity index (χ2v) is 3.48. The predicted molar refractivity (Wildman–Crippen MR) is 59.7 cm³/mol. The number of hydrogen-bond donors (Lipinski definition) is 2. The van der Waals surface area contributed by atoms with Gasteiger partial charge in [-0.3, -0.25) is 0 Å². The van der Waals surface area contributed by atoms with Crippen molar-refractivity contribution in [2.45, 2.75) is 0 Å². The molecule has 4 heteroatoms. The molecule has 0 spiro atoms. The number of benzene rings is 1. The average Bonchev–Trinajstić information content (AvgIpc) is 2.19. The minimum atomic E-state index is 0.599. The molecule has 0 fully saturated rings. The molecule has 0 atom stereocenters. The lowest BCUT2D eigenvalue weighted by molar-refractivity contribution is 0.417. The van der Waals surface area contributed by atoms with Crippen molar-refractivity contribution in [2.75, 3.05) is 24.7 Å². The molecule has 0 unspecified atom stereocenters. The number of rotatable bonds is 1. The van der Waals surface area contributed by atoms with E-state index in [9.17, 15) is 0 Å². The molecule has 1 aliphatic heterocycles. The molecule has 1 heterocycles. The van der Waals surface area contributed by atoms with E-state index in [4.69, 9.17) is 22.1 Å². The van der Waals surface area contributed by atoms with Gasteiger partial charge in [-0.25, -0.2) is 0 Å². The van der Waals surface area contributed by atoms with Crippen molar-refractivity contribution < 1.29 is 4.74 Å². The number of ether oxygens (including phenoxy) is 1. The molecule has 1 aliphatic rings. The Morgan fingerprint density at radius 3 is 3.00 bits per heavy atom. The minimum absolute atomic E-state index is 0.599. The number of anilines is 2. The van der Waals surface area contributed by atoms with Crippen LogP contribution in [-0.4, -0.2) is 13.7 Å². The summed E-state index contributed by atoms with van der Waals surface area (Å²) in [7, 11) is 1.60. The second kappa shape index (κ2) is 3.42. The maximum Gasteiger partial charge on any atom is 0.143 e. The minimum Gasteiger partial charge on any atom is -0.495 e. The lowest BCUT2D eigenvalue weighted by atomic mass is 10.1. The molecule has 0 amide bonds. The number of nitrogen functional groups attached to an aromatic ring is 1. The van der Waals surface area contributed by atoms with Crippen LogP contribution < -0.4 is 15.8 Å². The van der Waals surface area contributed by atoms with E-state index in [-0.39, 0.29) is 0 Å². The molecule has 2 rings (SSSR count). The number of hydrogen-bond acceptors (Lipinski definition) is 3. The Morgan fingerprint density at radius 1 is 1.50 bits per heavy atom. The molecule has 0 bridgehead atoms. The van der Waals surface area contributed by atoms with Gasteiger partial charge in [-0.1, -0.05) is 11.6 Å². The zero-order chi connectivity index (χ0) is 10.1. The summed E-state index contributed by atoms with van der Waals surface area (Å²) in [5.41, 5.74) is 8.27. The van der Waals surface area contributed by atoms with Gasteiger partial charge in [0.1, 0.15) is 5.75 Å². The van der Waals surface area contributed by atoms with Crippen molar-refractivity contribution in [3.63, 3.8) is 0 Å². The van der Waals surface area contributed by atoms with Crippen molar-refractivity contribution in [1.29, 1.82) is 0 Å². The van der Waals surface area contributed by atoms with E-state index >= 15 is 0 Å². The average molecular weight is 211 g/mol. The maximum atomic E-state index is 6.04. The van der Waals surface area contributed by atoms with E-state index in [2.05, 4.69) is 5.32 Å². The van der Waals surface area contributed by atoms with E-state index in [1.807, 2.05) is 18.2 Å². The summed E-state index contributed by atoms with van der Waals surface area (Å²) in [6, 6.07) is 3.68. The topological polar surface area (TPSA) is 47.3 Å². The van der Waals surface area contributed by atoms with Crippen molar-refractivity contribution in [3.8, 4) is 5.75 Å². The molecule has 3 nitrogen and oxygen atoms in total. The molecule has 0 radical (unpaired) electrons. The van der Waals surface area contributed by atoms with Crippen LogP contribution in [0.25, 0.3) is 5.03 Å². The Hall–Kier alpha value is -1.35. The van der Waals surface area contributed by atoms with Gasteiger partial charge in [0.15, 0.2) is 0 Å². The number of nitrogens with one attached hydrogen (secondary N) is 1. The molecule has 14 heavy (non-hydrogen) atoms. The second-order valence-electron chi connectivity index (χ2n) is 3.07. The first kappa shape index (κ1) is 9.21. The number of methoxy groups -OCH3 is 1. The van der Waals surface area contributed by atoms with Crippen molar-refractivity contribution in [3.05, 3.63) is 23.8 Å². The molecule has 0 aromatic heterocycles. The molecule has 1 aromatic carbocycles. The predicted octanol–water partition coefficient (Wildman–Crippen LogP) is 2.28. The van der Waals surface area contributed by atoms with E-state index in [1.165, 1.54) is 0 Å². The monoisotopic (exact) mass is 210 g/mol. The summed E-state index contributed by atoms with van der Waals surface area (Å²) in [6.07, 6.45) is 1.91. The van der Waals surface area contributed by atoms with E-state index in [0.29, 0.717) is 11.4 Å². The van der Waals surface area contributed by atoms with Gasteiger partial charge in [0, 0.05) is 28.9 Å². The summed E-state index contributed by atoms with van der Waals surface area (Å²) in [5.74, 6) is 0.669. The Morgan fingerprint density at radius 2 is 2.29 bits per heavy atom. The first-order chi connectivity index (χ1) is 6.72. The molecular formula is C10H11ClN2O. The standard InChI is InChI=1S/C10H11ClN2O/c1-14-10-5-9-6(4-8(10)12)7(11)2-3-13-9/h2,4-5,13H,3,12H2,1H3. The summed E-state index contributed by atoms with van der Waals surface area (Å²) in [4.78, 5) is 0. The van der Waals surface area contributed by atoms with Crippen LogP contribution in [0.2, 0.25) is 0 Å². The first-order valence-corrected chi connectivity index (χ1v) is 4.67. The smallest absolute Gasteiger partial charge is 0.143 e. The molecule has 0 aliphatic carbocycles. The molecule has 1 aromatic rings. The Bertz CT molecular complexity index is 401. The number of halogens is 1. The van der Waals surface area contributed by atoms with Gasteiger partial charge in [0.25, 0.3) is 0 Å². The lowest BCUT2D eigenvalue weighted by Crippen LogP contribution is -2.07. The Balaban J connectivity index is 2.56. The van der Waals surface area contributed by atoms with Crippen LogP contribution in [0.15, 0.2) is 18.2 Å². The van der Waals surface area contributed by atoms with Crippen LogP contribution in [0.4, 0.5) is 11.4 Å². The van der Waals surface area contributed by atoms with E-state index in [1.54, 1.807) is 7.11 Å². The van der Waals surface area contributed by atoms with Crippen LogP contribution in [0.3, 0.4) is 0 Å².